The molecule has 1 aromatic heterocycles. The number of pyridine rings is 1. The Morgan fingerprint density at radius 1 is 1.24 bits per heavy atom. The van der Waals surface area contributed by atoms with Crippen molar-refractivity contribution in [3.63, 3.8) is 0 Å². The van der Waals surface area contributed by atoms with Gasteiger partial charge in [-0.3, -0.25) is 4.79 Å². The second-order valence-electron chi connectivity index (χ2n) is 6.24. The van der Waals surface area contributed by atoms with Gasteiger partial charge in [0, 0.05) is 25.8 Å². The van der Waals surface area contributed by atoms with Crippen LogP contribution in [0.5, 0.6) is 0 Å². The Hall–Kier alpha value is -1.95. The maximum absolute atomic E-state index is 13.9. The molecule has 132 valence electrons. The summed E-state index contributed by atoms with van der Waals surface area (Å²) in [5.41, 5.74) is 1.38. The maximum Gasteiger partial charge on any atom is 0.224 e. The van der Waals surface area contributed by atoms with Gasteiger partial charge in [-0.05, 0) is 64.5 Å². The van der Waals surface area contributed by atoms with Gasteiger partial charge in [-0.25, -0.2) is 9.37 Å². The lowest BCUT2D eigenvalue weighted by molar-refractivity contribution is -0.120. The van der Waals surface area contributed by atoms with Crippen molar-refractivity contribution in [2.75, 3.05) is 18.0 Å². The maximum atomic E-state index is 13.9. The Labute approximate surface area is 155 Å². The molecule has 0 unspecified atom stereocenters. The number of hydrogen-bond donors (Lipinski definition) is 1. The summed E-state index contributed by atoms with van der Waals surface area (Å²) in [5, 5.41) is 2.86. The number of amides is 1. The van der Waals surface area contributed by atoms with Crippen molar-refractivity contribution < 1.29 is 9.18 Å². The fraction of sp³-hybridized carbons (Fsp3) is 0.368. The normalized spacial score (nSPS) is 14.4. The van der Waals surface area contributed by atoms with Crippen molar-refractivity contribution in [2.24, 2.45) is 0 Å². The summed E-state index contributed by atoms with van der Waals surface area (Å²) in [6.07, 6.45) is 5.47. The second-order valence-corrected chi connectivity index (χ2v) is 7.09. The largest absolute Gasteiger partial charge is 0.357 e. The zero-order valence-electron chi connectivity index (χ0n) is 14.0. The first-order chi connectivity index (χ1) is 12.1. The quantitative estimate of drug-likeness (QED) is 0.821. The molecule has 1 aliphatic heterocycles. The van der Waals surface area contributed by atoms with Gasteiger partial charge in [0.2, 0.25) is 5.91 Å². The van der Waals surface area contributed by atoms with Crippen LogP contribution in [-0.4, -0.2) is 24.0 Å². The summed E-state index contributed by atoms with van der Waals surface area (Å²) in [5.74, 6) is 0.381. The van der Waals surface area contributed by atoms with E-state index in [1.165, 1.54) is 19.3 Å². The molecule has 0 atom stereocenters. The van der Waals surface area contributed by atoms with Gasteiger partial charge in [0.15, 0.2) is 0 Å². The van der Waals surface area contributed by atoms with Gasteiger partial charge in [0.1, 0.15) is 11.6 Å². The van der Waals surface area contributed by atoms with Crippen LogP contribution in [0.1, 0.15) is 30.4 Å². The average Bonchev–Trinajstić information content (AvgIpc) is 2.65. The van der Waals surface area contributed by atoms with Crippen molar-refractivity contribution in [3.05, 3.63) is 57.9 Å². The number of rotatable bonds is 5. The van der Waals surface area contributed by atoms with Crippen LogP contribution >= 0.6 is 15.9 Å². The summed E-state index contributed by atoms with van der Waals surface area (Å²) in [6, 6.07) is 8.89. The van der Waals surface area contributed by atoms with Gasteiger partial charge >= 0.3 is 0 Å². The number of nitrogens with zero attached hydrogens (tertiary/aromatic N) is 2. The Morgan fingerprint density at radius 2 is 2.04 bits per heavy atom. The SMILES string of the molecule is O=C(Cc1cccc(Br)c1F)NCc1ccnc(N2CCCCC2)c1. The number of piperidine rings is 1. The van der Waals surface area contributed by atoms with E-state index in [0.717, 1.165) is 24.5 Å². The molecule has 3 rings (SSSR count). The van der Waals surface area contributed by atoms with Crippen LogP contribution < -0.4 is 10.2 Å². The van der Waals surface area contributed by atoms with Crippen LogP contribution in [-0.2, 0) is 17.8 Å². The first-order valence-corrected chi connectivity index (χ1v) is 9.32. The first-order valence-electron chi connectivity index (χ1n) is 8.53. The number of halogens is 2. The highest BCUT2D eigenvalue weighted by molar-refractivity contribution is 9.10. The summed E-state index contributed by atoms with van der Waals surface area (Å²) in [7, 11) is 0. The predicted octanol–water partition coefficient (Wildman–Crippen LogP) is 3.83. The van der Waals surface area contributed by atoms with E-state index in [-0.39, 0.29) is 18.1 Å². The average molecular weight is 406 g/mol. The second kappa shape index (κ2) is 8.43. The molecule has 6 heteroatoms. The van der Waals surface area contributed by atoms with E-state index in [1.54, 1.807) is 24.4 Å². The van der Waals surface area contributed by atoms with Gasteiger partial charge in [-0.1, -0.05) is 12.1 Å². The number of nitrogens with one attached hydrogen (secondary N) is 1. The van der Waals surface area contributed by atoms with Crippen molar-refractivity contribution in [1.29, 1.82) is 0 Å². The van der Waals surface area contributed by atoms with E-state index in [4.69, 9.17) is 0 Å². The van der Waals surface area contributed by atoms with Crippen molar-refractivity contribution in [2.45, 2.75) is 32.2 Å². The molecule has 0 bridgehead atoms. The highest BCUT2D eigenvalue weighted by Gasteiger charge is 2.13. The van der Waals surface area contributed by atoms with E-state index in [2.05, 4.69) is 31.1 Å². The lowest BCUT2D eigenvalue weighted by atomic mass is 10.1. The van der Waals surface area contributed by atoms with Crippen LogP contribution in [0.15, 0.2) is 41.0 Å². The lowest BCUT2D eigenvalue weighted by Crippen LogP contribution is -2.30. The Morgan fingerprint density at radius 3 is 2.84 bits per heavy atom. The van der Waals surface area contributed by atoms with Crippen LogP contribution in [0.4, 0.5) is 10.2 Å². The summed E-state index contributed by atoms with van der Waals surface area (Å²) in [4.78, 5) is 18.8. The molecule has 2 heterocycles. The molecule has 1 aliphatic rings. The topological polar surface area (TPSA) is 45.2 Å². The van der Waals surface area contributed by atoms with Crippen molar-refractivity contribution >= 4 is 27.7 Å². The van der Waals surface area contributed by atoms with Crippen LogP contribution in [0.2, 0.25) is 0 Å². The van der Waals surface area contributed by atoms with Gasteiger partial charge in [-0.15, -0.1) is 0 Å². The van der Waals surface area contributed by atoms with E-state index in [9.17, 15) is 9.18 Å². The highest BCUT2D eigenvalue weighted by atomic mass is 79.9. The molecular formula is C19H21BrFN3O. The van der Waals surface area contributed by atoms with E-state index < -0.39 is 0 Å². The monoisotopic (exact) mass is 405 g/mol. The zero-order chi connectivity index (χ0) is 17.6. The summed E-state index contributed by atoms with van der Waals surface area (Å²) in [6.45, 7) is 2.48. The molecule has 25 heavy (non-hydrogen) atoms. The fourth-order valence-electron chi connectivity index (χ4n) is 2.99. The van der Waals surface area contributed by atoms with E-state index >= 15 is 0 Å². The molecule has 1 amide bonds. The molecule has 1 fully saturated rings. The number of hydrogen-bond acceptors (Lipinski definition) is 3. The number of anilines is 1. The third kappa shape index (κ3) is 4.78. The minimum atomic E-state index is -0.381. The number of aromatic nitrogens is 1. The Kier molecular flexibility index (Phi) is 6.02. The highest BCUT2D eigenvalue weighted by Crippen LogP contribution is 2.20. The van der Waals surface area contributed by atoms with E-state index in [1.807, 2.05) is 12.1 Å². The molecule has 1 N–H and O–H groups in total. The molecule has 0 radical (unpaired) electrons. The minimum Gasteiger partial charge on any atom is -0.357 e. The Bertz CT molecular complexity index is 747. The molecule has 2 aromatic rings. The third-order valence-electron chi connectivity index (χ3n) is 4.36. The standard InChI is InChI=1S/C19H21BrFN3O/c20-16-6-4-5-15(19(16)21)12-18(25)23-13-14-7-8-22-17(11-14)24-9-2-1-3-10-24/h4-8,11H,1-3,9-10,12-13H2,(H,23,25). The molecule has 1 aromatic carbocycles. The molecule has 0 spiro atoms. The van der Waals surface area contributed by atoms with Crippen LogP contribution in [0.3, 0.4) is 0 Å². The summed E-state index contributed by atoms with van der Waals surface area (Å²) >= 11 is 3.14. The minimum absolute atomic E-state index is 0.0232. The predicted molar refractivity (Wildman–Crippen MR) is 100.0 cm³/mol. The first kappa shape index (κ1) is 17.9. The number of benzene rings is 1. The fourth-order valence-corrected chi connectivity index (χ4v) is 3.39. The Balaban J connectivity index is 1.57. The van der Waals surface area contributed by atoms with Crippen LogP contribution in [0.25, 0.3) is 0 Å². The lowest BCUT2D eigenvalue weighted by Gasteiger charge is -2.27. The zero-order valence-corrected chi connectivity index (χ0v) is 15.6. The third-order valence-corrected chi connectivity index (χ3v) is 4.97. The van der Waals surface area contributed by atoms with E-state index in [0.29, 0.717) is 16.6 Å². The van der Waals surface area contributed by atoms with Crippen molar-refractivity contribution in [1.82, 2.24) is 10.3 Å². The van der Waals surface area contributed by atoms with Gasteiger partial charge in [-0.2, -0.15) is 0 Å². The molecular weight excluding hydrogens is 385 g/mol. The smallest absolute Gasteiger partial charge is 0.224 e. The molecule has 0 aliphatic carbocycles. The number of carbonyl (C=O) groups is 1. The molecule has 1 saturated heterocycles. The van der Waals surface area contributed by atoms with Gasteiger partial charge < -0.3 is 10.2 Å². The van der Waals surface area contributed by atoms with Gasteiger partial charge in [0.05, 0.1) is 10.9 Å². The number of carbonyl (C=O) groups excluding carboxylic acids is 1. The van der Waals surface area contributed by atoms with Crippen LogP contribution in [0, 0.1) is 5.82 Å². The van der Waals surface area contributed by atoms with Gasteiger partial charge in [0.25, 0.3) is 0 Å². The summed E-state index contributed by atoms with van der Waals surface area (Å²) < 4.78 is 14.3. The van der Waals surface area contributed by atoms with Crippen molar-refractivity contribution in [3.8, 4) is 0 Å². The molecule has 4 nitrogen and oxygen atoms in total. The molecule has 0 saturated carbocycles.